The van der Waals surface area contributed by atoms with Gasteiger partial charge in [0.05, 0.1) is 28.4 Å². The molecule has 0 atom stereocenters. The molecule has 0 aliphatic heterocycles. The third-order valence-corrected chi connectivity index (χ3v) is 2.07. The third kappa shape index (κ3) is 2.15. The van der Waals surface area contributed by atoms with Gasteiger partial charge in [-0.25, -0.2) is 13.6 Å². The van der Waals surface area contributed by atoms with Crippen LogP contribution in [0.3, 0.4) is 0 Å². The predicted octanol–water partition coefficient (Wildman–Crippen LogP) is 2.04. The topological polar surface area (TPSA) is 76.2 Å². The van der Waals surface area contributed by atoms with E-state index in [1.807, 2.05) is 0 Å². The molecule has 3 N–H and O–H groups in total. The Kier molecular flexibility index (Phi) is 3.41. The van der Waals surface area contributed by atoms with Crippen LogP contribution in [0.15, 0.2) is 6.20 Å². The number of nitrogens with two attached hydrogens (primary N) is 1. The Morgan fingerprint density at radius 2 is 2.27 bits per heavy atom. The molecule has 82 valence electrons. The van der Waals surface area contributed by atoms with E-state index in [1.54, 1.807) is 0 Å². The minimum absolute atomic E-state index is 0.0527. The molecule has 1 aromatic heterocycles. The molecular weight excluding hydrogens is 230 g/mol. The standard InChI is InChI=1S/C8H7ClF2N2O2/c9-1-4-6(12)5(7(10)11)3(2-13-4)8(14)15/h2,7H,1,12H2,(H,14,15). The molecule has 0 unspecified atom stereocenters. The van der Waals surface area contributed by atoms with Gasteiger partial charge in [-0.3, -0.25) is 4.98 Å². The van der Waals surface area contributed by atoms with E-state index in [1.165, 1.54) is 0 Å². The maximum atomic E-state index is 12.6. The zero-order valence-corrected chi connectivity index (χ0v) is 8.13. The first-order chi connectivity index (χ1) is 6.99. The largest absolute Gasteiger partial charge is 0.478 e. The second kappa shape index (κ2) is 4.39. The summed E-state index contributed by atoms with van der Waals surface area (Å²) in [6.07, 6.45) is -2.14. The predicted molar refractivity (Wildman–Crippen MR) is 50.1 cm³/mol. The highest BCUT2D eigenvalue weighted by Crippen LogP contribution is 2.30. The summed E-state index contributed by atoms with van der Waals surface area (Å²) in [5.74, 6) is -1.64. The van der Waals surface area contributed by atoms with Gasteiger partial charge in [0.2, 0.25) is 0 Å². The minimum atomic E-state index is -2.97. The number of aromatic nitrogens is 1. The van der Waals surface area contributed by atoms with Gasteiger partial charge in [0.1, 0.15) is 0 Å². The van der Waals surface area contributed by atoms with E-state index in [-0.39, 0.29) is 17.3 Å². The number of nitrogens with zero attached hydrogens (tertiary/aromatic N) is 1. The first-order valence-electron chi connectivity index (χ1n) is 3.83. The number of aromatic carboxylic acids is 1. The molecule has 4 nitrogen and oxygen atoms in total. The maximum absolute atomic E-state index is 12.6. The molecule has 15 heavy (non-hydrogen) atoms. The highest BCUT2D eigenvalue weighted by molar-refractivity contribution is 6.17. The Bertz CT molecular complexity index is 398. The van der Waals surface area contributed by atoms with Crippen LogP contribution in [0.1, 0.15) is 28.0 Å². The van der Waals surface area contributed by atoms with Crippen LogP contribution in [0.2, 0.25) is 0 Å². The molecule has 1 heterocycles. The molecule has 0 aromatic carbocycles. The van der Waals surface area contributed by atoms with E-state index in [0.29, 0.717) is 0 Å². The van der Waals surface area contributed by atoms with Crippen molar-refractivity contribution in [1.29, 1.82) is 0 Å². The lowest BCUT2D eigenvalue weighted by Gasteiger charge is -2.10. The van der Waals surface area contributed by atoms with Gasteiger partial charge in [-0.15, -0.1) is 11.6 Å². The van der Waals surface area contributed by atoms with Crippen molar-refractivity contribution in [3.8, 4) is 0 Å². The van der Waals surface area contributed by atoms with Crippen LogP contribution in [0, 0.1) is 0 Å². The number of carbonyl (C=O) groups is 1. The Labute approximate surface area is 88.7 Å². The van der Waals surface area contributed by atoms with Crippen molar-refractivity contribution in [3.05, 3.63) is 23.0 Å². The van der Waals surface area contributed by atoms with Gasteiger partial charge in [-0.05, 0) is 0 Å². The lowest BCUT2D eigenvalue weighted by molar-refractivity contribution is 0.0684. The number of hydrogen-bond acceptors (Lipinski definition) is 3. The number of rotatable bonds is 3. The lowest BCUT2D eigenvalue weighted by atomic mass is 10.1. The van der Waals surface area contributed by atoms with E-state index in [9.17, 15) is 13.6 Å². The number of alkyl halides is 3. The van der Waals surface area contributed by atoms with Gasteiger partial charge in [-0.1, -0.05) is 0 Å². The molecule has 0 bridgehead atoms. The van der Waals surface area contributed by atoms with Crippen molar-refractivity contribution in [3.63, 3.8) is 0 Å². The van der Waals surface area contributed by atoms with Crippen molar-refractivity contribution >= 4 is 23.3 Å². The zero-order valence-electron chi connectivity index (χ0n) is 7.38. The van der Waals surface area contributed by atoms with Crippen molar-refractivity contribution < 1.29 is 18.7 Å². The monoisotopic (exact) mass is 236 g/mol. The summed E-state index contributed by atoms with van der Waals surface area (Å²) in [6.45, 7) is 0. The first-order valence-corrected chi connectivity index (χ1v) is 4.37. The fraction of sp³-hybridized carbons (Fsp3) is 0.250. The summed E-state index contributed by atoms with van der Waals surface area (Å²) < 4.78 is 25.1. The molecule has 7 heteroatoms. The van der Waals surface area contributed by atoms with Gasteiger partial charge < -0.3 is 10.8 Å². The summed E-state index contributed by atoms with van der Waals surface area (Å²) in [7, 11) is 0. The highest BCUT2D eigenvalue weighted by Gasteiger charge is 2.23. The molecular formula is C8H7ClF2N2O2. The zero-order chi connectivity index (χ0) is 11.6. The van der Waals surface area contributed by atoms with Crippen LogP contribution in [-0.2, 0) is 5.88 Å². The van der Waals surface area contributed by atoms with E-state index in [2.05, 4.69) is 4.98 Å². The van der Waals surface area contributed by atoms with Crippen molar-refractivity contribution in [2.45, 2.75) is 12.3 Å². The number of anilines is 1. The quantitative estimate of drug-likeness (QED) is 0.788. The van der Waals surface area contributed by atoms with Crippen LogP contribution in [0.4, 0.5) is 14.5 Å². The molecule has 0 saturated carbocycles. The molecule has 0 aliphatic carbocycles. The van der Waals surface area contributed by atoms with Crippen LogP contribution in [0.25, 0.3) is 0 Å². The highest BCUT2D eigenvalue weighted by atomic mass is 35.5. The number of hydrogen-bond donors (Lipinski definition) is 2. The average molecular weight is 237 g/mol. The molecule has 1 rings (SSSR count). The molecule has 0 spiro atoms. The van der Waals surface area contributed by atoms with Crippen molar-refractivity contribution in [1.82, 2.24) is 4.98 Å². The number of carboxylic acids is 1. The van der Waals surface area contributed by atoms with Crippen LogP contribution in [-0.4, -0.2) is 16.1 Å². The van der Waals surface area contributed by atoms with E-state index < -0.39 is 23.5 Å². The molecule has 0 amide bonds. The van der Waals surface area contributed by atoms with Gasteiger partial charge >= 0.3 is 5.97 Å². The lowest BCUT2D eigenvalue weighted by Crippen LogP contribution is -2.10. The minimum Gasteiger partial charge on any atom is -0.478 e. The smallest absolute Gasteiger partial charge is 0.337 e. The van der Waals surface area contributed by atoms with Crippen molar-refractivity contribution in [2.75, 3.05) is 5.73 Å². The summed E-state index contributed by atoms with van der Waals surface area (Å²) in [6, 6.07) is 0. The average Bonchev–Trinajstić information content (AvgIpc) is 2.16. The summed E-state index contributed by atoms with van der Waals surface area (Å²) >= 11 is 5.41. The number of halogens is 3. The Balaban J connectivity index is 3.44. The molecule has 0 radical (unpaired) electrons. The Hall–Kier alpha value is -1.43. The van der Waals surface area contributed by atoms with Gasteiger partial charge in [0.25, 0.3) is 6.43 Å². The van der Waals surface area contributed by atoms with E-state index >= 15 is 0 Å². The first kappa shape index (κ1) is 11.6. The number of nitrogen functional groups attached to an aromatic ring is 1. The summed E-state index contributed by atoms with van der Waals surface area (Å²) in [4.78, 5) is 14.2. The molecule has 0 fully saturated rings. The SMILES string of the molecule is Nc1c(CCl)ncc(C(=O)O)c1C(F)F. The van der Waals surface area contributed by atoms with Crippen molar-refractivity contribution in [2.24, 2.45) is 0 Å². The van der Waals surface area contributed by atoms with Crippen LogP contribution < -0.4 is 5.73 Å². The fourth-order valence-corrected chi connectivity index (χ4v) is 1.31. The van der Waals surface area contributed by atoms with Crippen LogP contribution in [0.5, 0.6) is 0 Å². The third-order valence-electron chi connectivity index (χ3n) is 1.82. The van der Waals surface area contributed by atoms with Gasteiger partial charge in [-0.2, -0.15) is 0 Å². The van der Waals surface area contributed by atoms with Crippen LogP contribution >= 0.6 is 11.6 Å². The maximum Gasteiger partial charge on any atom is 0.337 e. The second-order valence-corrected chi connectivity index (χ2v) is 2.95. The molecule has 1 aromatic rings. The Morgan fingerprint density at radius 3 is 2.67 bits per heavy atom. The summed E-state index contributed by atoms with van der Waals surface area (Å²) in [5, 5.41) is 8.64. The number of pyridine rings is 1. The normalized spacial score (nSPS) is 10.7. The van der Waals surface area contributed by atoms with Gasteiger partial charge in [0, 0.05) is 6.20 Å². The Morgan fingerprint density at radius 1 is 1.67 bits per heavy atom. The summed E-state index contributed by atoms with van der Waals surface area (Å²) in [5.41, 5.74) is 3.71. The molecule has 0 saturated heterocycles. The van der Waals surface area contributed by atoms with E-state index in [4.69, 9.17) is 22.4 Å². The second-order valence-electron chi connectivity index (χ2n) is 2.69. The molecule has 0 aliphatic rings. The fourth-order valence-electron chi connectivity index (χ4n) is 1.09. The number of carboxylic acid groups (broad SMARTS) is 1. The van der Waals surface area contributed by atoms with Gasteiger partial charge in [0.15, 0.2) is 0 Å². The van der Waals surface area contributed by atoms with E-state index in [0.717, 1.165) is 6.20 Å².